The van der Waals surface area contributed by atoms with Gasteiger partial charge in [0, 0.05) is 0 Å². The van der Waals surface area contributed by atoms with Crippen molar-refractivity contribution in [3.63, 3.8) is 0 Å². The minimum absolute atomic E-state index is 0. The van der Waals surface area contributed by atoms with Crippen LogP contribution in [0.4, 0.5) is 0 Å². The molecule has 0 amide bonds. The van der Waals surface area contributed by atoms with E-state index >= 15 is 0 Å². The summed E-state index contributed by atoms with van der Waals surface area (Å²) in [5.41, 5.74) is -1.80. The Bertz CT molecular complexity index is 293. The van der Waals surface area contributed by atoms with Crippen LogP contribution < -0.4 is 10.2 Å². The van der Waals surface area contributed by atoms with Gasteiger partial charge in [-0.1, -0.05) is 46.0 Å². The van der Waals surface area contributed by atoms with Gasteiger partial charge in [0.15, 0.2) is 0 Å². The van der Waals surface area contributed by atoms with Gasteiger partial charge in [-0.05, 0) is 24.7 Å². The van der Waals surface area contributed by atoms with Gasteiger partial charge in [-0.2, -0.15) is 0 Å². The molecule has 4 nitrogen and oxygen atoms in total. The maximum absolute atomic E-state index is 11.6. The molecule has 0 radical (unpaired) electrons. The summed E-state index contributed by atoms with van der Waals surface area (Å²) in [7, 11) is 0. The summed E-state index contributed by atoms with van der Waals surface area (Å²) in [6.07, 6.45) is 5.19. The van der Waals surface area contributed by atoms with Crippen molar-refractivity contribution >= 4 is 35.0 Å². The van der Waals surface area contributed by atoms with Crippen molar-refractivity contribution in [2.24, 2.45) is 17.3 Å². The number of carboxylic acids is 2. The molecule has 0 spiro atoms. The van der Waals surface area contributed by atoms with Gasteiger partial charge >= 0.3 is 23.1 Å². The van der Waals surface area contributed by atoms with Crippen molar-refractivity contribution < 1.29 is 19.8 Å². The Hall–Kier alpha value is -0.294. The quantitative estimate of drug-likeness (QED) is 0.510. The van der Waals surface area contributed by atoms with Gasteiger partial charge in [0.05, 0.1) is 17.4 Å². The predicted octanol–water partition coefficient (Wildman–Crippen LogP) is 0.108. The number of hydrogen-bond acceptors (Lipinski definition) is 4. The Balaban J connectivity index is 0.00000324. The van der Waals surface area contributed by atoms with Crippen LogP contribution in [0, 0.1) is 17.3 Å². The molecule has 19 heavy (non-hydrogen) atoms. The van der Waals surface area contributed by atoms with Crippen LogP contribution in [0.5, 0.6) is 0 Å². The van der Waals surface area contributed by atoms with Gasteiger partial charge in [-0.25, -0.2) is 0 Å². The molecule has 0 N–H and O–H groups in total. The zero-order chi connectivity index (χ0) is 13.8. The van der Waals surface area contributed by atoms with Gasteiger partial charge in [-0.3, -0.25) is 0 Å². The predicted molar refractivity (Wildman–Crippen MR) is 68.8 cm³/mol. The van der Waals surface area contributed by atoms with E-state index in [1.165, 1.54) is 0 Å². The van der Waals surface area contributed by atoms with Crippen molar-refractivity contribution in [1.82, 2.24) is 0 Å². The van der Waals surface area contributed by atoms with Gasteiger partial charge in [0.1, 0.15) is 0 Å². The molecule has 1 aliphatic carbocycles. The molecule has 0 aromatic heterocycles. The summed E-state index contributed by atoms with van der Waals surface area (Å²) in [4.78, 5) is 23.2. The second-order valence-corrected chi connectivity index (χ2v) is 5.29. The first-order chi connectivity index (χ1) is 8.51. The van der Waals surface area contributed by atoms with E-state index in [1.54, 1.807) is 0 Å². The van der Waals surface area contributed by atoms with Gasteiger partial charge in [-0.15, -0.1) is 0 Å². The van der Waals surface area contributed by atoms with Crippen LogP contribution in [0.15, 0.2) is 0 Å². The van der Waals surface area contributed by atoms with Crippen LogP contribution in [-0.2, 0) is 9.59 Å². The Morgan fingerprint density at radius 3 is 1.79 bits per heavy atom. The van der Waals surface area contributed by atoms with Crippen LogP contribution in [0.2, 0.25) is 0 Å². The van der Waals surface area contributed by atoms with E-state index in [1.807, 2.05) is 13.8 Å². The summed E-state index contributed by atoms with van der Waals surface area (Å²) >= 11 is 0. The minimum Gasteiger partial charge on any atom is -0.549 e. The standard InChI is InChI=1S/C14H24O4.Mg/c1-3-10(4-2)14(12(15)16,13(17)18)11-8-6-5-7-9-11;/h10-11H,3-9H2,1-2H3,(H,15,16)(H,17,18);/q;+2/p-2. The van der Waals surface area contributed by atoms with Crippen LogP contribution in [-0.4, -0.2) is 35.0 Å². The third kappa shape index (κ3) is 3.43. The molecule has 0 atom stereocenters. The van der Waals surface area contributed by atoms with E-state index in [-0.39, 0.29) is 29.0 Å². The van der Waals surface area contributed by atoms with Crippen LogP contribution in [0.25, 0.3) is 0 Å². The van der Waals surface area contributed by atoms with Crippen LogP contribution in [0.1, 0.15) is 58.8 Å². The molecule has 0 aliphatic heterocycles. The SMILES string of the molecule is CCC(CC)C(C(=O)[O-])(C(=O)[O-])C1CCCCC1.[Mg+2]. The molecule has 0 unspecified atom stereocenters. The molecular weight excluding hydrogens is 256 g/mol. The molecule has 0 aromatic rings. The van der Waals surface area contributed by atoms with Crippen LogP contribution >= 0.6 is 0 Å². The van der Waals surface area contributed by atoms with Crippen molar-refractivity contribution in [1.29, 1.82) is 0 Å². The number of carbonyl (C=O) groups is 2. The smallest absolute Gasteiger partial charge is 0.549 e. The number of aliphatic carboxylic acids is 2. The van der Waals surface area contributed by atoms with E-state index < -0.39 is 23.3 Å². The maximum Gasteiger partial charge on any atom is 2.00 e. The zero-order valence-electron chi connectivity index (χ0n) is 11.9. The maximum atomic E-state index is 11.6. The zero-order valence-corrected chi connectivity index (χ0v) is 13.4. The first-order valence-corrected chi connectivity index (χ1v) is 6.94. The molecule has 1 saturated carbocycles. The Morgan fingerprint density at radius 1 is 1.05 bits per heavy atom. The summed E-state index contributed by atoms with van der Waals surface area (Å²) in [6, 6.07) is 0. The van der Waals surface area contributed by atoms with Crippen molar-refractivity contribution in [2.45, 2.75) is 58.8 Å². The molecule has 0 saturated heterocycles. The molecule has 1 aliphatic rings. The Labute approximate surface area is 131 Å². The third-order valence-corrected chi connectivity index (χ3v) is 4.55. The van der Waals surface area contributed by atoms with Gasteiger partial charge in [0.25, 0.3) is 0 Å². The molecule has 104 valence electrons. The summed E-state index contributed by atoms with van der Waals surface area (Å²) in [6.45, 7) is 3.66. The summed E-state index contributed by atoms with van der Waals surface area (Å²) in [5, 5.41) is 23.2. The molecule has 5 heteroatoms. The van der Waals surface area contributed by atoms with Crippen molar-refractivity contribution in [3.05, 3.63) is 0 Å². The number of carbonyl (C=O) groups excluding carboxylic acids is 2. The monoisotopic (exact) mass is 278 g/mol. The second kappa shape index (κ2) is 8.10. The van der Waals surface area contributed by atoms with E-state index in [9.17, 15) is 19.8 Å². The number of hydrogen-bond donors (Lipinski definition) is 0. The Kier molecular flexibility index (Phi) is 7.97. The molecule has 1 rings (SSSR count). The Morgan fingerprint density at radius 2 is 1.47 bits per heavy atom. The molecule has 1 fully saturated rings. The fraction of sp³-hybridized carbons (Fsp3) is 0.857. The normalized spacial score (nSPS) is 17.0. The largest absolute Gasteiger partial charge is 2.00 e. The first-order valence-electron chi connectivity index (χ1n) is 6.94. The van der Waals surface area contributed by atoms with Gasteiger partial charge < -0.3 is 19.8 Å². The second-order valence-electron chi connectivity index (χ2n) is 5.29. The van der Waals surface area contributed by atoms with E-state index in [4.69, 9.17) is 0 Å². The van der Waals surface area contributed by atoms with E-state index in [0.717, 1.165) is 19.3 Å². The molecule has 0 bridgehead atoms. The average Bonchev–Trinajstić information content (AvgIpc) is 2.35. The topological polar surface area (TPSA) is 80.3 Å². The third-order valence-electron chi connectivity index (χ3n) is 4.55. The summed E-state index contributed by atoms with van der Waals surface area (Å²) < 4.78 is 0. The fourth-order valence-corrected chi connectivity index (χ4v) is 3.57. The molecular formula is C14H22MgO4. The average molecular weight is 279 g/mol. The number of carboxylic acid groups (broad SMARTS) is 2. The van der Waals surface area contributed by atoms with Gasteiger partial charge in [0.2, 0.25) is 0 Å². The minimum atomic E-state index is -1.80. The van der Waals surface area contributed by atoms with Crippen LogP contribution in [0.3, 0.4) is 0 Å². The van der Waals surface area contributed by atoms with E-state index in [0.29, 0.717) is 25.7 Å². The van der Waals surface area contributed by atoms with Crippen molar-refractivity contribution in [2.75, 3.05) is 0 Å². The molecule has 0 aromatic carbocycles. The van der Waals surface area contributed by atoms with Crippen molar-refractivity contribution in [3.8, 4) is 0 Å². The summed E-state index contributed by atoms with van der Waals surface area (Å²) in [5.74, 6) is -3.66. The number of rotatable bonds is 6. The first kappa shape index (κ1) is 18.7. The molecule has 0 heterocycles. The van der Waals surface area contributed by atoms with E-state index in [2.05, 4.69) is 0 Å². The fourth-order valence-electron chi connectivity index (χ4n) is 3.57.